The lowest BCUT2D eigenvalue weighted by atomic mass is 10.1. The molecule has 5 nitrogen and oxygen atoms in total. The molecule has 0 saturated heterocycles. The number of nitrogens with zero attached hydrogens (tertiary/aromatic N) is 2. The average molecular weight is 282 g/mol. The van der Waals surface area contributed by atoms with E-state index in [1.807, 2.05) is 18.2 Å². The third kappa shape index (κ3) is 2.16. The van der Waals surface area contributed by atoms with Crippen LogP contribution in [0.15, 0.2) is 42.5 Å². The number of hydrogen-bond donors (Lipinski definition) is 2. The van der Waals surface area contributed by atoms with Gasteiger partial charge < -0.3 is 21.3 Å². The molecule has 0 aliphatic carbocycles. The van der Waals surface area contributed by atoms with Crippen molar-refractivity contribution < 1.29 is 4.79 Å². The summed E-state index contributed by atoms with van der Waals surface area (Å²) in [6.07, 6.45) is 0. The van der Waals surface area contributed by atoms with Crippen LogP contribution in [0, 0.1) is 0 Å². The van der Waals surface area contributed by atoms with Gasteiger partial charge in [-0.2, -0.15) is 0 Å². The van der Waals surface area contributed by atoms with Crippen LogP contribution in [-0.4, -0.2) is 26.0 Å². The number of benzene rings is 2. The molecule has 0 bridgehead atoms. The summed E-state index contributed by atoms with van der Waals surface area (Å²) in [6, 6.07) is 13.3. The summed E-state index contributed by atoms with van der Waals surface area (Å²) in [7, 11) is 2.06. The fourth-order valence-corrected chi connectivity index (χ4v) is 2.80. The smallest absolute Gasteiger partial charge is 0.250 e. The predicted molar refractivity (Wildman–Crippen MR) is 86.1 cm³/mol. The highest BCUT2D eigenvalue weighted by Crippen LogP contribution is 2.40. The zero-order chi connectivity index (χ0) is 15.0. The standard InChI is InChI=1S/C16H18N4O/c1-19-9-10-20(14-8-3-2-7-13(14)19)15-11(16(18)21)5-4-6-12(15)17/h2-8H,9-10,17H2,1H3,(H2,18,21). The number of hydrogen-bond acceptors (Lipinski definition) is 4. The highest BCUT2D eigenvalue weighted by atomic mass is 16.1. The van der Waals surface area contributed by atoms with Gasteiger partial charge in [0, 0.05) is 20.1 Å². The van der Waals surface area contributed by atoms with E-state index in [0.717, 1.165) is 24.5 Å². The van der Waals surface area contributed by atoms with Gasteiger partial charge in [0.2, 0.25) is 0 Å². The van der Waals surface area contributed by atoms with E-state index in [2.05, 4.69) is 22.9 Å². The number of primary amides is 1. The molecule has 2 aromatic carbocycles. The Bertz CT molecular complexity index is 698. The second-order valence-corrected chi connectivity index (χ2v) is 5.17. The summed E-state index contributed by atoms with van der Waals surface area (Å²) in [4.78, 5) is 16.0. The van der Waals surface area contributed by atoms with Crippen LogP contribution in [0.2, 0.25) is 0 Å². The molecular formula is C16H18N4O. The second-order valence-electron chi connectivity index (χ2n) is 5.17. The quantitative estimate of drug-likeness (QED) is 0.826. The highest BCUT2D eigenvalue weighted by Gasteiger charge is 2.25. The minimum atomic E-state index is -0.464. The van der Waals surface area contributed by atoms with Gasteiger partial charge in [0.1, 0.15) is 0 Å². The van der Waals surface area contributed by atoms with Gasteiger partial charge in [-0.05, 0) is 24.3 Å². The molecule has 1 amide bonds. The van der Waals surface area contributed by atoms with E-state index in [0.29, 0.717) is 16.9 Å². The molecule has 3 rings (SSSR count). The van der Waals surface area contributed by atoms with E-state index in [1.165, 1.54) is 0 Å². The summed E-state index contributed by atoms with van der Waals surface area (Å²) < 4.78 is 0. The number of likely N-dealkylation sites (N-methyl/N-ethyl adjacent to an activating group) is 1. The number of para-hydroxylation sites is 3. The molecule has 1 aliphatic heterocycles. The number of anilines is 4. The first-order valence-electron chi connectivity index (χ1n) is 6.85. The zero-order valence-electron chi connectivity index (χ0n) is 11.9. The lowest BCUT2D eigenvalue weighted by Crippen LogP contribution is -2.37. The van der Waals surface area contributed by atoms with Crippen molar-refractivity contribution in [3.63, 3.8) is 0 Å². The molecule has 5 heteroatoms. The van der Waals surface area contributed by atoms with Gasteiger partial charge in [-0.1, -0.05) is 18.2 Å². The summed E-state index contributed by atoms with van der Waals surface area (Å²) >= 11 is 0. The SMILES string of the molecule is CN1CCN(c2c(N)cccc2C(N)=O)c2ccccc21. The molecule has 0 aromatic heterocycles. The lowest BCUT2D eigenvalue weighted by Gasteiger charge is -2.38. The van der Waals surface area contributed by atoms with Crippen LogP contribution < -0.4 is 21.3 Å². The first-order valence-corrected chi connectivity index (χ1v) is 6.85. The van der Waals surface area contributed by atoms with Crippen molar-refractivity contribution >= 4 is 28.7 Å². The number of carbonyl (C=O) groups excluding carboxylic acids is 1. The maximum atomic E-state index is 11.7. The number of carbonyl (C=O) groups is 1. The number of fused-ring (bicyclic) bond motifs is 1. The molecule has 0 fully saturated rings. The first kappa shape index (κ1) is 13.3. The normalized spacial score (nSPS) is 14.0. The topological polar surface area (TPSA) is 75.6 Å². The summed E-state index contributed by atoms with van der Waals surface area (Å²) in [6.45, 7) is 1.60. The first-order chi connectivity index (χ1) is 10.1. The Kier molecular flexibility index (Phi) is 3.17. The Labute approximate surface area is 123 Å². The summed E-state index contributed by atoms with van der Waals surface area (Å²) in [5.74, 6) is -0.464. The molecule has 0 radical (unpaired) electrons. The van der Waals surface area contributed by atoms with E-state index in [1.54, 1.807) is 18.2 Å². The highest BCUT2D eigenvalue weighted by molar-refractivity contribution is 6.03. The monoisotopic (exact) mass is 282 g/mol. The molecule has 0 saturated carbocycles. The maximum absolute atomic E-state index is 11.7. The third-order valence-corrected chi connectivity index (χ3v) is 3.85. The number of nitrogens with two attached hydrogens (primary N) is 2. The van der Waals surface area contributed by atoms with Crippen LogP contribution in [-0.2, 0) is 0 Å². The van der Waals surface area contributed by atoms with Gasteiger partial charge in [-0.25, -0.2) is 0 Å². The number of rotatable bonds is 2. The van der Waals surface area contributed by atoms with Crippen molar-refractivity contribution in [3.8, 4) is 0 Å². The van der Waals surface area contributed by atoms with Gasteiger partial charge in [0.25, 0.3) is 5.91 Å². The zero-order valence-corrected chi connectivity index (χ0v) is 11.9. The molecule has 1 aliphatic rings. The van der Waals surface area contributed by atoms with Crippen LogP contribution in [0.5, 0.6) is 0 Å². The molecule has 1 heterocycles. The molecule has 4 N–H and O–H groups in total. The van der Waals surface area contributed by atoms with Gasteiger partial charge in [0.15, 0.2) is 0 Å². The molecule has 2 aromatic rings. The van der Waals surface area contributed by atoms with Gasteiger partial charge >= 0.3 is 0 Å². The van der Waals surface area contributed by atoms with Crippen molar-refractivity contribution in [1.82, 2.24) is 0 Å². The number of amides is 1. The van der Waals surface area contributed by atoms with E-state index >= 15 is 0 Å². The van der Waals surface area contributed by atoms with Crippen LogP contribution >= 0.6 is 0 Å². The van der Waals surface area contributed by atoms with Crippen molar-refractivity contribution in [2.75, 3.05) is 35.7 Å². The van der Waals surface area contributed by atoms with E-state index in [4.69, 9.17) is 11.5 Å². The van der Waals surface area contributed by atoms with E-state index in [-0.39, 0.29) is 0 Å². The van der Waals surface area contributed by atoms with Gasteiger partial charge in [0.05, 0.1) is 28.3 Å². The Balaban J connectivity index is 2.19. The van der Waals surface area contributed by atoms with Gasteiger partial charge in [-0.3, -0.25) is 4.79 Å². The molecule has 0 spiro atoms. The molecule has 0 atom stereocenters. The molecular weight excluding hydrogens is 264 g/mol. The van der Waals surface area contributed by atoms with Crippen LogP contribution in [0.25, 0.3) is 0 Å². The van der Waals surface area contributed by atoms with Crippen LogP contribution in [0.3, 0.4) is 0 Å². The van der Waals surface area contributed by atoms with Crippen LogP contribution in [0.1, 0.15) is 10.4 Å². The average Bonchev–Trinajstić information content (AvgIpc) is 2.48. The molecule has 108 valence electrons. The maximum Gasteiger partial charge on any atom is 0.250 e. The Morgan fingerprint density at radius 1 is 1.05 bits per heavy atom. The van der Waals surface area contributed by atoms with Crippen molar-refractivity contribution in [3.05, 3.63) is 48.0 Å². The van der Waals surface area contributed by atoms with Crippen molar-refractivity contribution in [2.45, 2.75) is 0 Å². The third-order valence-electron chi connectivity index (χ3n) is 3.85. The molecule has 21 heavy (non-hydrogen) atoms. The van der Waals surface area contributed by atoms with E-state index < -0.39 is 5.91 Å². The molecule has 0 unspecified atom stereocenters. The number of nitrogen functional groups attached to an aromatic ring is 1. The summed E-state index contributed by atoms with van der Waals surface area (Å²) in [5, 5.41) is 0. The largest absolute Gasteiger partial charge is 0.397 e. The summed E-state index contributed by atoms with van der Waals surface area (Å²) in [5.41, 5.74) is 15.5. The lowest BCUT2D eigenvalue weighted by molar-refractivity contribution is 0.100. The fourth-order valence-electron chi connectivity index (χ4n) is 2.80. The minimum absolute atomic E-state index is 0.453. The fraction of sp³-hybridized carbons (Fsp3) is 0.188. The predicted octanol–water partition coefficient (Wildman–Crippen LogP) is 1.96. The Morgan fingerprint density at radius 3 is 2.48 bits per heavy atom. The minimum Gasteiger partial charge on any atom is -0.397 e. The van der Waals surface area contributed by atoms with E-state index in [9.17, 15) is 4.79 Å². The van der Waals surface area contributed by atoms with Gasteiger partial charge in [-0.15, -0.1) is 0 Å². The second kappa shape index (κ2) is 5.01. The Morgan fingerprint density at radius 2 is 1.76 bits per heavy atom. The van der Waals surface area contributed by atoms with Crippen molar-refractivity contribution in [2.24, 2.45) is 5.73 Å². The van der Waals surface area contributed by atoms with Crippen LogP contribution in [0.4, 0.5) is 22.7 Å². The Hall–Kier alpha value is -2.69. The van der Waals surface area contributed by atoms with Crippen molar-refractivity contribution in [1.29, 1.82) is 0 Å².